The number of benzene rings is 1. The van der Waals surface area contributed by atoms with E-state index in [-0.39, 0.29) is 0 Å². The van der Waals surface area contributed by atoms with Gasteiger partial charge in [-0.1, -0.05) is 18.2 Å². The number of rotatable bonds is 4. The smallest absolute Gasteiger partial charge is 0.127 e. The van der Waals surface area contributed by atoms with E-state index in [1.165, 1.54) is 0 Å². The predicted octanol–water partition coefficient (Wildman–Crippen LogP) is 4.23. The summed E-state index contributed by atoms with van der Waals surface area (Å²) in [6, 6.07) is 7.75. The van der Waals surface area contributed by atoms with Crippen LogP contribution in [0.5, 0.6) is 5.75 Å². The number of ether oxygens (including phenoxy) is 1. The molecule has 2 rings (SSSR count). The minimum absolute atomic E-state index is 0.785. The average Bonchev–Trinajstić information content (AvgIpc) is 2.41. The van der Waals surface area contributed by atoms with E-state index in [4.69, 9.17) is 4.74 Å². The minimum atomic E-state index is 0.785. The lowest BCUT2D eigenvalue weighted by molar-refractivity contribution is 0.439. The first-order valence-electron chi connectivity index (χ1n) is 5.79. The Labute approximate surface area is 113 Å². The Kier molecular flexibility index (Phi) is 4.42. The third-order valence-corrected chi connectivity index (χ3v) is 2.93. The second kappa shape index (κ2) is 6.26. The van der Waals surface area contributed by atoms with Crippen molar-refractivity contribution in [3.63, 3.8) is 0 Å². The van der Waals surface area contributed by atoms with Gasteiger partial charge in [0.25, 0.3) is 0 Å². The predicted molar refractivity (Wildman–Crippen MR) is 80.0 cm³/mol. The fourth-order valence-electron chi connectivity index (χ4n) is 1.66. The van der Waals surface area contributed by atoms with Crippen LogP contribution in [0.2, 0.25) is 0 Å². The fourth-order valence-corrected chi connectivity index (χ4v) is 1.89. The Morgan fingerprint density at radius 2 is 2.06 bits per heavy atom. The molecule has 1 aromatic carbocycles. The molecule has 0 unspecified atom stereocenters. The summed E-state index contributed by atoms with van der Waals surface area (Å²) in [5.41, 5.74) is 0.992. The molecule has 92 valence electrons. The van der Waals surface area contributed by atoms with Gasteiger partial charge < -0.3 is 4.74 Å². The molecule has 0 bridgehead atoms. The average molecular weight is 257 g/mol. The molecular formula is C15H15NOS. The van der Waals surface area contributed by atoms with Gasteiger partial charge in [0, 0.05) is 11.1 Å². The molecule has 0 saturated heterocycles. The zero-order valence-corrected chi connectivity index (χ0v) is 10.9. The Morgan fingerprint density at radius 1 is 1.28 bits per heavy atom. The van der Waals surface area contributed by atoms with Gasteiger partial charge in [0.15, 0.2) is 0 Å². The summed E-state index contributed by atoms with van der Waals surface area (Å²) in [5.74, 6) is 1.73. The summed E-state index contributed by atoms with van der Waals surface area (Å²) in [6.07, 6.45) is 9.97. The molecule has 1 aliphatic carbocycles. The Balaban J connectivity index is 2.08. The number of aliphatic imine (C=N–C) groups is 1. The quantitative estimate of drug-likeness (QED) is 0.632. The molecule has 0 atom stereocenters. The fraction of sp³-hybridized carbons (Fsp3) is 0.133. The van der Waals surface area contributed by atoms with E-state index in [1.54, 1.807) is 6.20 Å². The molecule has 3 heteroatoms. The molecule has 18 heavy (non-hydrogen) atoms. The molecule has 1 aliphatic rings. The van der Waals surface area contributed by atoms with Crippen LogP contribution < -0.4 is 4.74 Å². The van der Waals surface area contributed by atoms with E-state index in [1.807, 2.05) is 30.3 Å². The van der Waals surface area contributed by atoms with Gasteiger partial charge in [-0.3, -0.25) is 4.99 Å². The van der Waals surface area contributed by atoms with Crippen LogP contribution in [0, 0.1) is 0 Å². The number of hydrogen-bond acceptors (Lipinski definition) is 3. The van der Waals surface area contributed by atoms with Crippen molar-refractivity contribution < 1.29 is 4.74 Å². The van der Waals surface area contributed by atoms with Crippen molar-refractivity contribution in [2.75, 3.05) is 0 Å². The Morgan fingerprint density at radius 3 is 2.67 bits per heavy atom. The summed E-state index contributed by atoms with van der Waals surface area (Å²) in [7, 11) is 0. The second-order valence-corrected chi connectivity index (χ2v) is 4.39. The zero-order chi connectivity index (χ0) is 12.8. The topological polar surface area (TPSA) is 21.6 Å². The number of thiol groups is 1. The lowest BCUT2D eigenvalue weighted by Crippen LogP contribution is -1.95. The van der Waals surface area contributed by atoms with Crippen molar-refractivity contribution in [2.45, 2.75) is 12.8 Å². The van der Waals surface area contributed by atoms with E-state index in [9.17, 15) is 0 Å². The first-order valence-corrected chi connectivity index (χ1v) is 6.24. The minimum Gasteiger partial charge on any atom is -0.458 e. The van der Waals surface area contributed by atoms with Gasteiger partial charge in [0.05, 0.1) is 0 Å². The maximum atomic E-state index is 5.74. The molecule has 0 aliphatic heterocycles. The highest BCUT2D eigenvalue weighted by atomic mass is 32.1. The first-order chi connectivity index (χ1) is 8.79. The third-order valence-electron chi connectivity index (χ3n) is 2.56. The number of nitrogens with zero attached hydrogens (tertiary/aromatic N) is 1. The van der Waals surface area contributed by atoms with Crippen LogP contribution in [0.15, 0.2) is 59.4 Å². The van der Waals surface area contributed by atoms with E-state index >= 15 is 0 Å². The Hall–Kier alpha value is -1.74. The summed E-state index contributed by atoms with van der Waals surface area (Å²) in [5, 5.41) is 0. The van der Waals surface area contributed by atoms with Crippen LogP contribution in [0.3, 0.4) is 0 Å². The summed E-state index contributed by atoms with van der Waals surface area (Å²) >= 11 is 4.33. The van der Waals surface area contributed by atoms with Gasteiger partial charge >= 0.3 is 0 Å². The van der Waals surface area contributed by atoms with E-state index in [0.717, 1.165) is 34.8 Å². The van der Waals surface area contributed by atoms with Gasteiger partial charge in [0.1, 0.15) is 11.5 Å². The highest BCUT2D eigenvalue weighted by Gasteiger charge is 2.01. The maximum absolute atomic E-state index is 5.74. The third kappa shape index (κ3) is 3.37. The summed E-state index contributed by atoms with van der Waals surface area (Å²) in [6.45, 7) is 3.41. The van der Waals surface area contributed by atoms with Crippen LogP contribution >= 0.6 is 12.6 Å². The zero-order valence-electron chi connectivity index (χ0n) is 10.0. The lowest BCUT2D eigenvalue weighted by atomic mass is 10.2. The van der Waals surface area contributed by atoms with Gasteiger partial charge in [-0.25, -0.2) is 0 Å². The molecule has 0 saturated carbocycles. The van der Waals surface area contributed by atoms with Gasteiger partial charge in [-0.15, -0.1) is 12.6 Å². The lowest BCUT2D eigenvalue weighted by Gasteiger charge is -2.09. The first kappa shape index (κ1) is 12.7. The molecule has 0 amide bonds. The summed E-state index contributed by atoms with van der Waals surface area (Å²) in [4.78, 5) is 4.48. The number of hydrogen-bond donors (Lipinski definition) is 1. The molecule has 1 aromatic rings. The molecule has 0 fully saturated rings. The van der Waals surface area contributed by atoms with Crippen molar-refractivity contribution in [1.29, 1.82) is 0 Å². The van der Waals surface area contributed by atoms with Crippen LogP contribution in [-0.4, -0.2) is 6.72 Å². The monoisotopic (exact) mass is 257 g/mol. The van der Waals surface area contributed by atoms with Crippen LogP contribution in [-0.2, 0) is 0 Å². The molecule has 2 nitrogen and oxygen atoms in total. The summed E-state index contributed by atoms with van der Waals surface area (Å²) < 4.78 is 5.74. The van der Waals surface area contributed by atoms with Crippen molar-refractivity contribution in [1.82, 2.24) is 0 Å². The largest absolute Gasteiger partial charge is 0.458 e. The van der Waals surface area contributed by atoms with Crippen molar-refractivity contribution in [2.24, 2.45) is 4.99 Å². The van der Waals surface area contributed by atoms with Crippen molar-refractivity contribution in [3.8, 4) is 5.75 Å². The maximum Gasteiger partial charge on any atom is 0.127 e. The highest BCUT2D eigenvalue weighted by Crippen LogP contribution is 2.23. The number of allylic oxidation sites excluding steroid dienone is 3. The molecular weight excluding hydrogens is 242 g/mol. The van der Waals surface area contributed by atoms with Crippen molar-refractivity contribution >= 4 is 24.3 Å². The van der Waals surface area contributed by atoms with Gasteiger partial charge in [-0.2, -0.15) is 0 Å². The van der Waals surface area contributed by atoms with E-state index in [0.29, 0.717) is 0 Å². The van der Waals surface area contributed by atoms with E-state index < -0.39 is 0 Å². The molecule has 0 radical (unpaired) electrons. The van der Waals surface area contributed by atoms with Crippen LogP contribution in [0.4, 0.5) is 0 Å². The standard InChI is InChI=1S/C15H15NOS/c1-16-11-15(18)12-7-9-14(10-8-12)17-13-5-3-2-4-6-13/h3,5-11,18H,1-2,4H2/b15-11-. The normalized spacial score (nSPS) is 15.2. The molecule has 0 N–H and O–H groups in total. The van der Waals surface area contributed by atoms with Gasteiger partial charge in [0.2, 0.25) is 0 Å². The van der Waals surface area contributed by atoms with Crippen LogP contribution in [0.1, 0.15) is 18.4 Å². The van der Waals surface area contributed by atoms with Gasteiger partial charge in [-0.05, 0) is 49.4 Å². The second-order valence-electron chi connectivity index (χ2n) is 3.91. The molecule has 0 spiro atoms. The molecule has 0 heterocycles. The SMILES string of the molecule is C=N/C=C(\S)c1ccc(OC2=CCCC=C2)cc1. The van der Waals surface area contributed by atoms with Crippen LogP contribution in [0.25, 0.3) is 4.91 Å². The molecule has 0 aromatic heterocycles. The Bertz CT molecular complexity index is 512. The van der Waals surface area contributed by atoms with E-state index in [2.05, 4.69) is 36.5 Å². The highest BCUT2D eigenvalue weighted by molar-refractivity contribution is 7.90. The van der Waals surface area contributed by atoms with Crippen molar-refractivity contribution in [3.05, 3.63) is 60.0 Å².